The fourth-order valence-electron chi connectivity index (χ4n) is 2.88. The summed E-state index contributed by atoms with van der Waals surface area (Å²) in [6, 6.07) is 0.283. The van der Waals surface area contributed by atoms with E-state index in [1.54, 1.807) is 0 Å². The molecule has 0 unspecified atom stereocenters. The van der Waals surface area contributed by atoms with Crippen LogP contribution in [-0.2, 0) is 0 Å². The summed E-state index contributed by atoms with van der Waals surface area (Å²) in [6.45, 7) is 13.4. The first kappa shape index (κ1) is 19.8. The van der Waals surface area contributed by atoms with Gasteiger partial charge in [-0.2, -0.15) is 0 Å². The normalized spacial score (nSPS) is 11.0. The zero-order valence-electron chi connectivity index (χ0n) is 16.5. The van der Waals surface area contributed by atoms with Crippen molar-refractivity contribution in [3.8, 4) is 11.8 Å². The Morgan fingerprint density at radius 3 is 2.73 bits per heavy atom. The van der Waals surface area contributed by atoms with E-state index < -0.39 is 0 Å². The van der Waals surface area contributed by atoms with Crippen molar-refractivity contribution in [2.75, 3.05) is 12.3 Å². The molecule has 2 rings (SSSR count). The number of allylic oxidation sites excluding steroid dienone is 1. The van der Waals surface area contributed by atoms with Crippen LogP contribution in [-0.4, -0.2) is 21.1 Å². The summed E-state index contributed by atoms with van der Waals surface area (Å²) in [7, 11) is 0. The summed E-state index contributed by atoms with van der Waals surface area (Å²) < 4.78 is 2.08. The van der Waals surface area contributed by atoms with Gasteiger partial charge in [-0.15, -0.1) is 0 Å². The highest BCUT2D eigenvalue weighted by Gasteiger charge is 2.13. The second-order valence-corrected chi connectivity index (χ2v) is 7.40. The first-order chi connectivity index (χ1) is 12.4. The number of nitrogens with zero attached hydrogens (tertiary/aromatic N) is 3. The molecule has 5 heteroatoms. The molecule has 0 fully saturated rings. The number of anilines is 1. The average Bonchev–Trinajstić information content (AvgIpc) is 2.96. The quantitative estimate of drug-likeness (QED) is 0.549. The van der Waals surface area contributed by atoms with E-state index in [-0.39, 0.29) is 6.04 Å². The van der Waals surface area contributed by atoms with Crippen LogP contribution in [0.5, 0.6) is 0 Å². The lowest BCUT2D eigenvalue weighted by Crippen LogP contribution is -2.12. The van der Waals surface area contributed by atoms with Gasteiger partial charge in [0.05, 0.1) is 17.5 Å². The second-order valence-electron chi connectivity index (χ2n) is 7.40. The van der Waals surface area contributed by atoms with Gasteiger partial charge in [0.25, 0.3) is 0 Å². The van der Waals surface area contributed by atoms with Gasteiger partial charge in [-0.25, -0.2) is 9.97 Å². The van der Waals surface area contributed by atoms with Crippen LogP contribution < -0.4 is 11.1 Å². The van der Waals surface area contributed by atoms with Gasteiger partial charge < -0.3 is 15.6 Å². The number of nitrogens with two attached hydrogens (primary N) is 1. The van der Waals surface area contributed by atoms with E-state index in [2.05, 4.69) is 66.0 Å². The Morgan fingerprint density at radius 2 is 2.04 bits per heavy atom. The minimum Gasteiger partial charge on any atom is -0.383 e. The van der Waals surface area contributed by atoms with Crippen molar-refractivity contribution in [1.82, 2.24) is 19.9 Å². The van der Waals surface area contributed by atoms with Crippen LogP contribution in [0.25, 0.3) is 11.0 Å². The standard InChI is InChI=1S/C21H31N5/c1-15(2)9-6-7-10-17(5)23-12-8-11-18-13-26(16(3)4)21-19(18)20(22)24-14-25-21/h13-16,23H,5-7,9-10,12H2,1-4H3,(H2,22,24,25). The van der Waals surface area contributed by atoms with Crippen molar-refractivity contribution in [1.29, 1.82) is 0 Å². The molecule has 2 heterocycles. The molecule has 26 heavy (non-hydrogen) atoms. The third-order valence-corrected chi connectivity index (χ3v) is 4.35. The third-order valence-electron chi connectivity index (χ3n) is 4.35. The first-order valence-electron chi connectivity index (χ1n) is 9.41. The topological polar surface area (TPSA) is 68.8 Å². The fourth-order valence-corrected chi connectivity index (χ4v) is 2.88. The highest BCUT2D eigenvalue weighted by atomic mass is 15.1. The fraction of sp³-hybridized carbons (Fsp3) is 0.524. The number of unbranched alkanes of at least 4 members (excludes halogenated alkanes) is 1. The zero-order chi connectivity index (χ0) is 19.1. The Bertz CT molecular complexity index is 805. The van der Waals surface area contributed by atoms with E-state index in [0.717, 1.165) is 34.6 Å². The molecule has 0 spiro atoms. The van der Waals surface area contributed by atoms with Crippen molar-refractivity contribution in [2.24, 2.45) is 5.92 Å². The van der Waals surface area contributed by atoms with E-state index in [1.165, 1.54) is 25.6 Å². The zero-order valence-corrected chi connectivity index (χ0v) is 16.5. The van der Waals surface area contributed by atoms with Crippen LogP contribution >= 0.6 is 0 Å². The smallest absolute Gasteiger partial charge is 0.147 e. The van der Waals surface area contributed by atoms with E-state index >= 15 is 0 Å². The van der Waals surface area contributed by atoms with Gasteiger partial charge in [-0.1, -0.05) is 45.1 Å². The van der Waals surface area contributed by atoms with Crippen LogP contribution in [0.2, 0.25) is 0 Å². The molecule has 0 amide bonds. The maximum absolute atomic E-state index is 6.05. The number of hydrogen-bond donors (Lipinski definition) is 2. The summed E-state index contributed by atoms with van der Waals surface area (Å²) in [6.07, 6.45) is 8.20. The van der Waals surface area contributed by atoms with Crippen LogP contribution in [0.3, 0.4) is 0 Å². The molecule has 5 nitrogen and oxygen atoms in total. The van der Waals surface area contributed by atoms with E-state index in [0.29, 0.717) is 12.4 Å². The number of fused-ring (bicyclic) bond motifs is 1. The molecule has 0 bridgehead atoms. The van der Waals surface area contributed by atoms with Gasteiger partial charge in [-0.05, 0) is 32.6 Å². The maximum atomic E-state index is 6.05. The molecule has 0 saturated carbocycles. The minimum atomic E-state index is 0.283. The van der Waals surface area contributed by atoms with Crippen molar-refractivity contribution in [2.45, 2.75) is 59.4 Å². The van der Waals surface area contributed by atoms with Crippen LogP contribution in [0.4, 0.5) is 5.82 Å². The molecular weight excluding hydrogens is 322 g/mol. The third kappa shape index (κ3) is 5.26. The second kappa shape index (κ2) is 9.28. The number of hydrogen-bond acceptors (Lipinski definition) is 4. The van der Waals surface area contributed by atoms with Crippen LogP contribution in [0.1, 0.15) is 65.0 Å². The Labute approximate surface area is 157 Å². The molecule has 0 radical (unpaired) electrons. The monoisotopic (exact) mass is 353 g/mol. The lowest BCUT2D eigenvalue weighted by atomic mass is 10.0. The largest absolute Gasteiger partial charge is 0.383 e. The van der Waals surface area contributed by atoms with Gasteiger partial charge in [-0.3, -0.25) is 0 Å². The summed E-state index contributed by atoms with van der Waals surface area (Å²) in [5, 5.41) is 4.13. The lowest BCUT2D eigenvalue weighted by Gasteiger charge is -2.07. The van der Waals surface area contributed by atoms with Crippen LogP contribution in [0, 0.1) is 17.8 Å². The molecule has 2 aromatic heterocycles. The Kier molecular flexibility index (Phi) is 7.08. The molecule has 0 aliphatic carbocycles. The highest BCUT2D eigenvalue weighted by Crippen LogP contribution is 2.25. The summed E-state index contributed by atoms with van der Waals surface area (Å²) in [5.74, 6) is 7.62. The first-order valence-corrected chi connectivity index (χ1v) is 9.41. The van der Waals surface area contributed by atoms with E-state index in [1.807, 2.05) is 6.20 Å². The van der Waals surface area contributed by atoms with Gasteiger partial charge in [0, 0.05) is 17.9 Å². The predicted molar refractivity (Wildman–Crippen MR) is 110 cm³/mol. The maximum Gasteiger partial charge on any atom is 0.147 e. The molecule has 0 aromatic carbocycles. The predicted octanol–water partition coefficient (Wildman–Crippen LogP) is 4.27. The summed E-state index contributed by atoms with van der Waals surface area (Å²) in [4.78, 5) is 8.48. The molecule has 0 aliphatic heterocycles. The number of rotatable bonds is 8. The highest BCUT2D eigenvalue weighted by molar-refractivity contribution is 5.92. The molecule has 0 saturated heterocycles. The molecule has 0 atom stereocenters. The van der Waals surface area contributed by atoms with E-state index in [4.69, 9.17) is 5.73 Å². The minimum absolute atomic E-state index is 0.283. The Morgan fingerprint density at radius 1 is 1.27 bits per heavy atom. The number of nitrogens with one attached hydrogen (secondary N) is 1. The molecule has 140 valence electrons. The Balaban J connectivity index is 1.97. The van der Waals surface area contributed by atoms with Crippen molar-refractivity contribution in [3.05, 3.63) is 30.4 Å². The van der Waals surface area contributed by atoms with Gasteiger partial charge in [0.2, 0.25) is 0 Å². The van der Waals surface area contributed by atoms with Gasteiger partial charge >= 0.3 is 0 Å². The van der Waals surface area contributed by atoms with Crippen molar-refractivity contribution in [3.63, 3.8) is 0 Å². The summed E-state index contributed by atoms with van der Waals surface area (Å²) in [5.41, 5.74) is 8.81. The average molecular weight is 354 g/mol. The SMILES string of the molecule is C=C(CCCCC(C)C)NCC#Cc1cn(C(C)C)c2ncnc(N)c12. The van der Waals surface area contributed by atoms with E-state index in [9.17, 15) is 0 Å². The number of aromatic nitrogens is 3. The van der Waals surface area contributed by atoms with Gasteiger partial charge in [0.1, 0.15) is 17.8 Å². The summed E-state index contributed by atoms with van der Waals surface area (Å²) >= 11 is 0. The Hall–Kier alpha value is -2.48. The lowest BCUT2D eigenvalue weighted by molar-refractivity contribution is 0.534. The number of nitrogen functional groups attached to an aromatic ring is 1. The molecule has 0 aliphatic rings. The van der Waals surface area contributed by atoms with Crippen molar-refractivity contribution < 1.29 is 0 Å². The molecule has 2 aromatic rings. The van der Waals surface area contributed by atoms with Crippen LogP contribution in [0.15, 0.2) is 24.8 Å². The molecule has 3 N–H and O–H groups in total. The van der Waals surface area contributed by atoms with Crippen molar-refractivity contribution >= 4 is 16.9 Å². The molecular formula is C21H31N5. The van der Waals surface area contributed by atoms with Gasteiger partial charge in [0.15, 0.2) is 0 Å².